The molecule has 0 radical (unpaired) electrons. The zero-order valence-electron chi connectivity index (χ0n) is 10.1. The SMILES string of the molecule is O=C(Cn1nnc(-c2ccco2)n1)NC1(CO)CC1. The summed E-state index contributed by atoms with van der Waals surface area (Å²) in [6, 6.07) is 3.44. The molecular weight excluding hydrogens is 250 g/mol. The Morgan fingerprint density at radius 3 is 3.05 bits per heavy atom. The Balaban J connectivity index is 1.63. The number of tetrazole rings is 1. The first kappa shape index (κ1) is 11.8. The van der Waals surface area contributed by atoms with E-state index in [0.29, 0.717) is 11.6 Å². The van der Waals surface area contributed by atoms with Gasteiger partial charge in [0.15, 0.2) is 5.76 Å². The number of aromatic nitrogens is 4. The molecular formula is C11H13N5O3. The van der Waals surface area contributed by atoms with E-state index in [-0.39, 0.29) is 19.1 Å². The van der Waals surface area contributed by atoms with E-state index in [1.165, 1.54) is 11.1 Å². The quantitative estimate of drug-likeness (QED) is 0.758. The van der Waals surface area contributed by atoms with Gasteiger partial charge in [-0.15, -0.1) is 10.2 Å². The van der Waals surface area contributed by atoms with Crippen molar-refractivity contribution in [1.82, 2.24) is 25.5 Å². The van der Waals surface area contributed by atoms with Gasteiger partial charge >= 0.3 is 0 Å². The molecule has 1 amide bonds. The van der Waals surface area contributed by atoms with Crippen molar-refractivity contribution >= 4 is 5.91 Å². The van der Waals surface area contributed by atoms with Gasteiger partial charge in [0, 0.05) is 0 Å². The molecule has 0 saturated heterocycles. The van der Waals surface area contributed by atoms with Crippen LogP contribution in [0.3, 0.4) is 0 Å². The van der Waals surface area contributed by atoms with Crippen molar-refractivity contribution in [1.29, 1.82) is 0 Å². The first-order chi connectivity index (χ1) is 9.21. The standard InChI is InChI=1S/C11H13N5O3/c17-7-11(3-4-11)12-9(18)6-16-14-10(13-15-16)8-2-1-5-19-8/h1-2,5,17H,3-4,6-7H2,(H,12,18). The normalized spacial score (nSPS) is 16.3. The zero-order valence-corrected chi connectivity index (χ0v) is 10.1. The van der Waals surface area contributed by atoms with Crippen LogP contribution in [0.25, 0.3) is 11.6 Å². The largest absolute Gasteiger partial charge is 0.461 e. The van der Waals surface area contributed by atoms with Crippen LogP contribution in [0.5, 0.6) is 0 Å². The number of hydrogen-bond donors (Lipinski definition) is 2. The van der Waals surface area contributed by atoms with E-state index in [9.17, 15) is 4.79 Å². The van der Waals surface area contributed by atoms with Crippen molar-refractivity contribution in [2.75, 3.05) is 6.61 Å². The molecule has 2 aromatic rings. The Morgan fingerprint density at radius 1 is 1.58 bits per heavy atom. The van der Waals surface area contributed by atoms with Gasteiger partial charge in [0.25, 0.3) is 0 Å². The van der Waals surface area contributed by atoms with Gasteiger partial charge in [-0.1, -0.05) is 0 Å². The summed E-state index contributed by atoms with van der Waals surface area (Å²) < 4.78 is 5.13. The second kappa shape index (κ2) is 4.47. The minimum absolute atomic E-state index is 0.0323. The Hall–Kier alpha value is -2.22. The Morgan fingerprint density at radius 2 is 2.42 bits per heavy atom. The number of aliphatic hydroxyl groups excluding tert-OH is 1. The van der Waals surface area contributed by atoms with Gasteiger partial charge in [0.2, 0.25) is 11.7 Å². The van der Waals surface area contributed by atoms with Crippen LogP contribution in [0.4, 0.5) is 0 Å². The number of aliphatic hydroxyl groups is 1. The molecule has 0 unspecified atom stereocenters. The lowest BCUT2D eigenvalue weighted by atomic mass is 10.3. The fraction of sp³-hybridized carbons (Fsp3) is 0.455. The van der Waals surface area contributed by atoms with Crippen LogP contribution in [-0.4, -0.2) is 43.4 Å². The van der Waals surface area contributed by atoms with Crippen LogP contribution in [0.1, 0.15) is 12.8 Å². The maximum atomic E-state index is 11.7. The van der Waals surface area contributed by atoms with Crippen LogP contribution >= 0.6 is 0 Å². The second-order valence-electron chi connectivity index (χ2n) is 4.61. The number of rotatable bonds is 5. The number of hydrogen-bond acceptors (Lipinski definition) is 6. The lowest BCUT2D eigenvalue weighted by Gasteiger charge is -2.13. The highest BCUT2D eigenvalue weighted by atomic mass is 16.3. The van der Waals surface area contributed by atoms with Crippen molar-refractivity contribution < 1.29 is 14.3 Å². The molecule has 1 saturated carbocycles. The summed E-state index contributed by atoms with van der Waals surface area (Å²) in [6.07, 6.45) is 3.12. The molecule has 0 aromatic carbocycles. The van der Waals surface area contributed by atoms with Crippen molar-refractivity contribution in [3.8, 4) is 11.6 Å². The monoisotopic (exact) mass is 263 g/mol. The third-order valence-corrected chi connectivity index (χ3v) is 3.04. The third-order valence-electron chi connectivity index (χ3n) is 3.04. The predicted octanol–water partition coefficient (Wildman–Crippen LogP) is -0.426. The molecule has 1 aliphatic rings. The van der Waals surface area contributed by atoms with Gasteiger partial charge in [-0.3, -0.25) is 4.79 Å². The van der Waals surface area contributed by atoms with E-state index in [0.717, 1.165) is 12.8 Å². The lowest BCUT2D eigenvalue weighted by Crippen LogP contribution is -2.41. The van der Waals surface area contributed by atoms with Gasteiger partial charge in [-0.25, -0.2) is 0 Å². The van der Waals surface area contributed by atoms with E-state index in [1.807, 2.05) is 0 Å². The fourth-order valence-corrected chi connectivity index (χ4v) is 1.75. The number of carbonyl (C=O) groups is 1. The summed E-state index contributed by atoms with van der Waals surface area (Å²) in [5, 5.41) is 23.5. The van der Waals surface area contributed by atoms with Gasteiger partial charge < -0.3 is 14.8 Å². The molecule has 0 atom stereocenters. The van der Waals surface area contributed by atoms with Crippen LogP contribution in [0, 0.1) is 0 Å². The summed E-state index contributed by atoms with van der Waals surface area (Å²) in [5.41, 5.74) is -0.429. The third kappa shape index (κ3) is 2.48. The van der Waals surface area contributed by atoms with E-state index in [1.54, 1.807) is 12.1 Å². The molecule has 2 heterocycles. The summed E-state index contributed by atoms with van der Waals surface area (Å²) >= 11 is 0. The molecule has 100 valence electrons. The number of furan rings is 1. The summed E-state index contributed by atoms with van der Waals surface area (Å²) in [7, 11) is 0. The number of carbonyl (C=O) groups excluding carboxylic acids is 1. The summed E-state index contributed by atoms with van der Waals surface area (Å²) in [6.45, 7) is -0.0728. The van der Waals surface area contributed by atoms with Crippen molar-refractivity contribution in [3.63, 3.8) is 0 Å². The first-order valence-electron chi connectivity index (χ1n) is 5.94. The summed E-state index contributed by atoms with van der Waals surface area (Å²) in [4.78, 5) is 12.9. The highest BCUT2D eigenvalue weighted by molar-refractivity contribution is 5.76. The van der Waals surface area contributed by atoms with Gasteiger partial charge in [-0.2, -0.15) is 4.80 Å². The van der Waals surface area contributed by atoms with Crippen molar-refractivity contribution in [3.05, 3.63) is 18.4 Å². The Labute approximate surface area is 108 Å². The fourth-order valence-electron chi connectivity index (χ4n) is 1.75. The molecule has 19 heavy (non-hydrogen) atoms. The van der Waals surface area contributed by atoms with Gasteiger partial charge in [-0.05, 0) is 30.2 Å². The average molecular weight is 263 g/mol. The second-order valence-corrected chi connectivity index (χ2v) is 4.61. The molecule has 8 heteroatoms. The molecule has 2 aromatic heterocycles. The molecule has 0 aliphatic heterocycles. The van der Waals surface area contributed by atoms with Crippen LogP contribution in [0.15, 0.2) is 22.8 Å². The average Bonchev–Trinajstić information content (AvgIpc) is 2.85. The van der Waals surface area contributed by atoms with E-state index < -0.39 is 5.54 Å². The van der Waals surface area contributed by atoms with Gasteiger partial charge in [0.1, 0.15) is 6.54 Å². The lowest BCUT2D eigenvalue weighted by molar-refractivity contribution is -0.123. The zero-order chi connectivity index (χ0) is 13.3. The molecule has 0 spiro atoms. The van der Waals surface area contributed by atoms with Crippen LogP contribution < -0.4 is 5.32 Å². The van der Waals surface area contributed by atoms with Gasteiger partial charge in [0.05, 0.1) is 18.4 Å². The van der Waals surface area contributed by atoms with Crippen LogP contribution in [-0.2, 0) is 11.3 Å². The maximum absolute atomic E-state index is 11.7. The smallest absolute Gasteiger partial charge is 0.244 e. The van der Waals surface area contributed by atoms with E-state index >= 15 is 0 Å². The topological polar surface area (TPSA) is 106 Å². The molecule has 8 nitrogen and oxygen atoms in total. The molecule has 1 fully saturated rings. The van der Waals surface area contributed by atoms with E-state index in [2.05, 4.69) is 20.7 Å². The predicted molar refractivity (Wildman–Crippen MR) is 62.7 cm³/mol. The molecule has 1 aliphatic carbocycles. The Kier molecular flexibility index (Phi) is 2.79. The minimum Gasteiger partial charge on any atom is -0.461 e. The molecule has 2 N–H and O–H groups in total. The van der Waals surface area contributed by atoms with Crippen LogP contribution in [0.2, 0.25) is 0 Å². The number of nitrogens with zero attached hydrogens (tertiary/aromatic N) is 4. The highest BCUT2D eigenvalue weighted by Gasteiger charge is 2.43. The Bertz CT molecular complexity index is 573. The summed E-state index contributed by atoms with van der Waals surface area (Å²) in [5.74, 6) is 0.594. The highest BCUT2D eigenvalue weighted by Crippen LogP contribution is 2.34. The number of nitrogens with one attached hydrogen (secondary N) is 1. The molecule has 0 bridgehead atoms. The van der Waals surface area contributed by atoms with Crippen molar-refractivity contribution in [2.24, 2.45) is 0 Å². The number of amides is 1. The van der Waals surface area contributed by atoms with E-state index in [4.69, 9.17) is 9.52 Å². The van der Waals surface area contributed by atoms with Crippen molar-refractivity contribution in [2.45, 2.75) is 24.9 Å². The minimum atomic E-state index is -0.429. The maximum Gasteiger partial charge on any atom is 0.244 e. The molecule has 3 rings (SSSR count). The first-order valence-corrected chi connectivity index (χ1v) is 5.94.